The standard InChI is InChI=1S/C46H86NO7P/c1-6-8-10-12-14-16-18-20-22-23-24-26-28-30-32-34-36-38-41-51-43-45(44-53-55(49,50)52-42-40-47(3,4)5)54-46(48)39-37-35-33-31-29-27-25-21-19-17-15-13-11-9-7-2/h9,11,15,17,21,25,38,41,45H,6-8,10,12-14,16,18-20,22-24,26-37,39-40,42-44H2,1-5H3/p+1/b11-9+,17-15+,25-21+,41-38+/t45-/m1/s1. The van der Waals surface area contributed by atoms with Crippen molar-refractivity contribution in [3.05, 3.63) is 48.8 Å². The van der Waals surface area contributed by atoms with E-state index in [1.54, 1.807) is 6.26 Å². The molecule has 0 amide bonds. The van der Waals surface area contributed by atoms with E-state index in [0.29, 0.717) is 17.4 Å². The van der Waals surface area contributed by atoms with Gasteiger partial charge >= 0.3 is 13.8 Å². The Morgan fingerprint density at radius 1 is 0.600 bits per heavy atom. The molecule has 2 atom stereocenters. The maximum atomic E-state index is 12.7. The molecule has 55 heavy (non-hydrogen) atoms. The molecule has 1 N–H and O–H groups in total. The second-order valence-electron chi connectivity index (χ2n) is 16.1. The molecule has 0 saturated heterocycles. The van der Waals surface area contributed by atoms with Crippen molar-refractivity contribution >= 4 is 13.8 Å². The van der Waals surface area contributed by atoms with E-state index >= 15 is 0 Å². The fourth-order valence-electron chi connectivity index (χ4n) is 6.00. The van der Waals surface area contributed by atoms with Gasteiger partial charge in [0.2, 0.25) is 0 Å². The maximum absolute atomic E-state index is 12.7. The van der Waals surface area contributed by atoms with Gasteiger partial charge in [-0.25, -0.2) is 4.57 Å². The van der Waals surface area contributed by atoms with Crippen LogP contribution in [0.5, 0.6) is 0 Å². The Kier molecular flexibility index (Phi) is 37.9. The summed E-state index contributed by atoms with van der Waals surface area (Å²) in [6.45, 7) is 4.81. The van der Waals surface area contributed by atoms with Crippen LogP contribution in [0.1, 0.15) is 187 Å². The fourth-order valence-corrected chi connectivity index (χ4v) is 6.74. The van der Waals surface area contributed by atoms with Gasteiger partial charge in [0.25, 0.3) is 0 Å². The van der Waals surface area contributed by atoms with Gasteiger partial charge in [-0.05, 0) is 57.4 Å². The van der Waals surface area contributed by atoms with Crippen molar-refractivity contribution in [3.8, 4) is 0 Å². The normalized spacial score (nSPS) is 14.1. The van der Waals surface area contributed by atoms with Gasteiger partial charge in [0.05, 0.1) is 34.0 Å². The number of carbonyl (C=O) groups excluding carboxylic acids is 1. The highest BCUT2D eigenvalue weighted by atomic mass is 31.2. The summed E-state index contributed by atoms with van der Waals surface area (Å²) in [5, 5.41) is 0. The predicted octanol–water partition coefficient (Wildman–Crippen LogP) is 13.5. The first-order valence-corrected chi connectivity index (χ1v) is 23.9. The number of unbranched alkanes of at least 4 members (excludes halogenated alkanes) is 21. The Balaban J connectivity index is 4.28. The van der Waals surface area contributed by atoms with Crippen LogP contribution < -0.4 is 0 Å². The van der Waals surface area contributed by atoms with Gasteiger partial charge in [-0.2, -0.15) is 0 Å². The summed E-state index contributed by atoms with van der Waals surface area (Å²) in [6.07, 6.45) is 48.1. The van der Waals surface area contributed by atoms with E-state index in [9.17, 15) is 14.3 Å². The first-order valence-electron chi connectivity index (χ1n) is 22.4. The summed E-state index contributed by atoms with van der Waals surface area (Å²) in [5.41, 5.74) is 0. The van der Waals surface area contributed by atoms with Crippen LogP contribution in [-0.2, 0) is 27.9 Å². The topological polar surface area (TPSA) is 91.3 Å². The van der Waals surface area contributed by atoms with E-state index in [1.165, 1.54) is 96.3 Å². The molecule has 0 aliphatic carbocycles. The zero-order chi connectivity index (χ0) is 40.6. The highest BCUT2D eigenvalue weighted by Crippen LogP contribution is 2.43. The number of hydrogen-bond donors (Lipinski definition) is 1. The number of ether oxygens (including phenoxy) is 2. The molecule has 0 spiro atoms. The fraction of sp³-hybridized carbons (Fsp3) is 0.804. The van der Waals surface area contributed by atoms with E-state index in [1.807, 2.05) is 27.2 Å². The van der Waals surface area contributed by atoms with Gasteiger partial charge in [0, 0.05) is 6.42 Å². The van der Waals surface area contributed by atoms with Gasteiger partial charge < -0.3 is 18.9 Å². The van der Waals surface area contributed by atoms with E-state index in [2.05, 4.69) is 50.3 Å². The van der Waals surface area contributed by atoms with Crippen molar-refractivity contribution in [3.63, 3.8) is 0 Å². The van der Waals surface area contributed by atoms with E-state index in [-0.39, 0.29) is 25.8 Å². The molecule has 0 rings (SSSR count). The molecular weight excluding hydrogens is 709 g/mol. The van der Waals surface area contributed by atoms with Crippen LogP contribution in [0.25, 0.3) is 0 Å². The largest absolute Gasteiger partial charge is 0.498 e. The van der Waals surface area contributed by atoms with Crippen LogP contribution in [0, 0.1) is 0 Å². The first kappa shape index (κ1) is 53.3. The van der Waals surface area contributed by atoms with Crippen molar-refractivity contribution in [2.45, 2.75) is 193 Å². The smallest absolute Gasteiger partial charge is 0.472 e. The third kappa shape index (κ3) is 43.3. The van der Waals surface area contributed by atoms with E-state index in [0.717, 1.165) is 70.6 Å². The van der Waals surface area contributed by atoms with Crippen molar-refractivity contribution in [2.75, 3.05) is 47.5 Å². The van der Waals surface area contributed by atoms with Crippen LogP contribution in [0.3, 0.4) is 0 Å². The number of carbonyl (C=O) groups is 1. The zero-order valence-corrected chi connectivity index (χ0v) is 37.3. The highest BCUT2D eigenvalue weighted by Gasteiger charge is 2.26. The molecule has 0 saturated carbocycles. The third-order valence-corrected chi connectivity index (χ3v) is 10.5. The highest BCUT2D eigenvalue weighted by molar-refractivity contribution is 7.47. The zero-order valence-electron chi connectivity index (χ0n) is 36.4. The summed E-state index contributed by atoms with van der Waals surface area (Å²) in [7, 11) is 1.62. The number of esters is 1. The molecule has 322 valence electrons. The predicted molar refractivity (Wildman–Crippen MR) is 233 cm³/mol. The monoisotopic (exact) mass is 797 g/mol. The van der Waals surface area contributed by atoms with Gasteiger partial charge in [0.1, 0.15) is 19.8 Å². The number of phosphoric ester groups is 1. The Morgan fingerprint density at radius 3 is 1.60 bits per heavy atom. The molecule has 0 aromatic heterocycles. The molecule has 0 fully saturated rings. The lowest BCUT2D eigenvalue weighted by Crippen LogP contribution is -2.37. The molecule has 9 heteroatoms. The Morgan fingerprint density at radius 2 is 1.07 bits per heavy atom. The molecule has 0 heterocycles. The van der Waals surface area contributed by atoms with Crippen LogP contribution in [-0.4, -0.2) is 69.0 Å². The molecule has 1 unspecified atom stereocenters. The number of rotatable bonds is 41. The number of quaternary nitrogens is 1. The lowest BCUT2D eigenvalue weighted by molar-refractivity contribution is -0.870. The maximum Gasteiger partial charge on any atom is 0.472 e. The summed E-state index contributed by atoms with van der Waals surface area (Å²) < 4.78 is 34.7. The molecule has 0 bridgehead atoms. The molecule has 0 aromatic carbocycles. The molecule has 0 aromatic rings. The Bertz CT molecular complexity index is 1020. The number of nitrogens with zero attached hydrogens (tertiary/aromatic N) is 1. The van der Waals surface area contributed by atoms with Crippen LogP contribution in [0.15, 0.2) is 48.8 Å². The Labute approximate surface area is 339 Å². The Hall–Kier alpha value is -1.70. The van der Waals surface area contributed by atoms with Crippen LogP contribution >= 0.6 is 7.82 Å². The van der Waals surface area contributed by atoms with Crippen molar-refractivity contribution < 1.29 is 37.3 Å². The van der Waals surface area contributed by atoms with Gasteiger partial charge in [-0.3, -0.25) is 13.8 Å². The van der Waals surface area contributed by atoms with Gasteiger partial charge in [0.15, 0.2) is 6.10 Å². The molecule has 0 aliphatic heterocycles. The lowest BCUT2D eigenvalue weighted by Gasteiger charge is -2.24. The number of likely N-dealkylation sites (N-methyl/N-ethyl adjacent to an activating group) is 1. The van der Waals surface area contributed by atoms with E-state index in [4.69, 9.17) is 18.5 Å². The molecule has 8 nitrogen and oxygen atoms in total. The summed E-state index contributed by atoms with van der Waals surface area (Å²) in [5.74, 6) is -0.353. The van der Waals surface area contributed by atoms with Gasteiger partial charge in [-0.15, -0.1) is 0 Å². The minimum absolute atomic E-state index is 0.0410. The quantitative estimate of drug-likeness (QED) is 0.0164. The lowest BCUT2D eigenvalue weighted by atomic mass is 10.0. The number of hydrogen-bond acceptors (Lipinski definition) is 6. The first-order chi connectivity index (χ1) is 26.6. The summed E-state index contributed by atoms with van der Waals surface area (Å²) in [4.78, 5) is 22.9. The second-order valence-corrected chi connectivity index (χ2v) is 17.6. The summed E-state index contributed by atoms with van der Waals surface area (Å²) in [6, 6.07) is 0. The minimum atomic E-state index is -4.30. The van der Waals surface area contributed by atoms with Crippen molar-refractivity contribution in [1.29, 1.82) is 0 Å². The number of phosphoric acid groups is 1. The molecular formula is C46H87NO7P+. The molecule has 0 radical (unpaired) electrons. The average molecular weight is 797 g/mol. The molecule has 0 aliphatic rings. The van der Waals surface area contributed by atoms with Crippen molar-refractivity contribution in [2.24, 2.45) is 0 Å². The summed E-state index contributed by atoms with van der Waals surface area (Å²) >= 11 is 0. The minimum Gasteiger partial charge on any atom is -0.498 e. The second kappa shape index (κ2) is 39.1. The van der Waals surface area contributed by atoms with E-state index < -0.39 is 13.9 Å². The van der Waals surface area contributed by atoms with Crippen LogP contribution in [0.2, 0.25) is 0 Å². The van der Waals surface area contributed by atoms with Crippen molar-refractivity contribution in [1.82, 2.24) is 0 Å². The average Bonchev–Trinajstić information content (AvgIpc) is 3.13. The SMILES string of the molecule is CC/C=C/C/C=C/C/C=C/CCCCCCCC(=O)O[C@H](CO/C=C/CCCCCCCCCCCCCCCCCC)COP(=O)(O)OCC[N+](C)(C)C. The number of allylic oxidation sites excluding steroid dienone is 7. The van der Waals surface area contributed by atoms with Crippen LogP contribution in [0.4, 0.5) is 0 Å². The third-order valence-electron chi connectivity index (χ3n) is 9.47. The van der Waals surface area contributed by atoms with Gasteiger partial charge in [-0.1, -0.05) is 166 Å².